The molecule has 0 radical (unpaired) electrons. The Balaban J connectivity index is 0.00000364. The predicted octanol–water partition coefficient (Wildman–Crippen LogP) is 3.23. The van der Waals surface area contributed by atoms with E-state index in [9.17, 15) is 0 Å². The molecule has 0 spiro atoms. The average Bonchev–Trinajstić information content (AvgIpc) is 3.31. The SMILES string of the molecule is CCOCCCN=C(NCCc1ccco1)N(C)CC1CCCN1CC.I. The minimum atomic E-state index is 0. The maximum absolute atomic E-state index is 5.42. The zero-order chi connectivity index (χ0) is 18.6. The van der Waals surface area contributed by atoms with Crippen LogP contribution in [0.4, 0.5) is 0 Å². The highest BCUT2D eigenvalue weighted by molar-refractivity contribution is 14.0. The van der Waals surface area contributed by atoms with Crippen LogP contribution in [0, 0.1) is 0 Å². The molecule has 0 aliphatic carbocycles. The van der Waals surface area contributed by atoms with E-state index in [1.165, 1.54) is 19.4 Å². The van der Waals surface area contributed by atoms with Crippen molar-refractivity contribution < 1.29 is 9.15 Å². The van der Waals surface area contributed by atoms with Gasteiger partial charge < -0.3 is 19.4 Å². The maximum Gasteiger partial charge on any atom is 0.193 e. The smallest absolute Gasteiger partial charge is 0.193 e. The lowest BCUT2D eigenvalue weighted by atomic mass is 10.2. The molecule has 2 heterocycles. The highest BCUT2D eigenvalue weighted by atomic mass is 127. The summed E-state index contributed by atoms with van der Waals surface area (Å²) >= 11 is 0. The van der Waals surface area contributed by atoms with Crippen molar-refractivity contribution in [3.8, 4) is 0 Å². The number of hydrogen-bond donors (Lipinski definition) is 1. The standard InChI is InChI=1S/C20H36N4O2.HI/c1-4-24-14-6-9-18(24)17-23(3)20(21-12-8-15-25-5-2)22-13-11-19-10-7-16-26-19;/h7,10,16,18H,4-6,8-9,11-15,17H2,1-3H3,(H,21,22);1H. The number of nitrogens with one attached hydrogen (secondary N) is 1. The molecule has 1 aromatic rings. The molecule has 156 valence electrons. The number of nitrogens with zero attached hydrogens (tertiary/aromatic N) is 3. The van der Waals surface area contributed by atoms with Gasteiger partial charge in [-0.1, -0.05) is 6.92 Å². The molecule has 1 unspecified atom stereocenters. The summed E-state index contributed by atoms with van der Waals surface area (Å²) in [5, 5.41) is 3.51. The first kappa shape index (κ1) is 24.2. The van der Waals surface area contributed by atoms with Crippen LogP contribution >= 0.6 is 24.0 Å². The summed E-state index contributed by atoms with van der Waals surface area (Å²) in [6, 6.07) is 4.58. The number of guanidine groups is 1. The average molecular weight is 492 g/mol. The minimum Gasteiger partial charge on any atom is -0.469 e. The van der Waals surface area contributed by atoms with Gasteiger partial charge in [-0.25, -0.2) is 0 Å². The van der Waals surface area contributed by atoms with Crippen LogP contribution in [0.3, 0.4) is 0 Å². The minimum absolute atomic E-state index is 0. The van der Waals surface area contributed by atoms with Gasteiger partial charge in [0.05, 0.1) is 6.26 Å². The van der Waals surface area contributed by atoms with E-state index in [4.69, 9.17) is 14.1 Å². The fourth-order valence-electron chi connectivity index (χ4n) is 3.48. The second kappa shape index (κ2) is 14.2. The maximum atomic E-state index is 5.42. The van der Waals surface area contributed by atoms with Crippen LogP contribution in [0.25, 0.3) is 0 Å². The normalized spacial score (nSPS) is 17.7. The number of hydrogen-bond acceptors (Lipinski definition) is 4. The van der Waals surface area contributed by atoms with Crippen LogP contribution in [0.15, 0.2) is 27.8 Å². The molecule has 0 aromatic carbocycles. The summed E-state index contributed by atoms with van der Waals surface area (Å²) in [5.41, 5.74) is 0. The first-order valence-electron chi connectivity index (χ1n) is 10.1. The van der Waals surface area contributed by atoms with Gasteiger partial charge in [-0.05, 0) is 51.4 Å². The van der Waals surface area contributed by atoms with E-state index in [0.29, 0.717) is 6.04 Å². The third-order valence-electron chi connectivity index (χ3n) is 4.90. The van der Waals surface area contributed by atoms with Crippen LogP contribution in [0.2, 0.25) is 0 Å². The summed E-state index contributed by atoms with van der Waals surface area (Å²) in [5.74, 6) is 1.99. The largest absolute Gasteiger partial charge is 0.469 e. The van der Waals surface area contributed by atoms with E-state index in [1.54, 1.807) is 6.26 Å². The number of likely N-dealkylation sites (tertiary alicyclic amines) is 1. The lowest BCUT2D eigenvalue weighted by Crippen LogP contribution is -2.46. The van der Waals surface area contributed by atoms with Crippen molar-refractivity contribution >= 4 is 29.9 Å². The first-order valence-corrected chi connectivity index (χ1v) is 10.1. The van der Waals surface area contributed by atoms with E-state index >= 15 is 0 Å². The Kier molecular flexibility index (Phi) is 12.8. The molecule has 1 aliphatic heterocycles. The Morgan fingerprint density at radius 3 is 3.00 bits per heavy atom. The topological polar surface area (TPSA) is 53.2 Å². The fraction of sp³-hybridized carbons (Fsp3) is 0.750. The molecule has 0 amide bonds. The number of rotatable bonds is 11. The van der Waals surface area contributed by atoms with Gasteiger partial charge >= 0.3 is 0 Å². The molecule has 6 nitrogen and oxygen atoms in total. The number of likely N-dealkylation sites (N-methyl/N-ethyl adjacent to an activating group) is 2. The highest BCUT2D eigenvalue weighted by Crippen LogP contribution is 2.17. The second-order valence-electron chi connectivity index (χ2n) is 6.82. The van der Waals surface area contributed by atoms with Crippen molar-refractivity contribution in [1.82, 2.24) is 15.1 Å². The van der Waals surface area contributed by atoms with Gasteiger partial charge in [-0.2, -0.15) is 0 Å². The van der Waals surface area contributed by atoms with Gasteiger partial charge in [-0.3, -0.25) is 9.89 Å². The zero-order valence-corrected chi connectivity index (χ0v) is 19.5. The van der Waals surface area contributed by atoms with E-state index in [-0.39, 0.29) is 24.0 Å². The van der Waals surface area contributed by atoms with Crippen molar-refractivity contribution in [1.29, 1.82) is 0 Å². The number of furan rings is 1. The molecule has 1 aliphatic rings. The van der Waals surface area contributed by atoms with Gasteiger partial charge in [0.15, 0.2) is 5.96 Å². The second-order valence-corrected chi connectivity index (χ2v) is 6.82. The van der Waals surface area contributed by atoms with Crippen molar-refractivity contribution in [2.75, 3.05) is 53.0 Å². The van der Waals surface area contributed by atoms with Crippen molar-refractivity contribution in [3.05, 3.63) is 24.2 Å². The number of halogens is 1. The first-order chi connectivity index (χ1) is 12.7. The number of aliphatic imine (C=N–C) groups is 1. The van der Waals surface area contributed by atoms with Crippen LogP contribution in [0.1, 0.15) is 38.9 Å². The fourth-order valence-corrected chi connectivity index (χ4v) is 3.48. The molecular formula is C20H37IN4O2. The van der Waals surface area contributed by atoms with Gasteiger partial charge in [0.1, 0.15) is 5.76 Å². The van der Waals surface area contributed by atoms with Gasteiger partial charge in [0, 0.05) is 52.4 Å². The Morgan fingerprint density at radius 2 is 2.30 bits per heavy atom. The van der Waals surface area contributed by atoms with Crippen molar-refractivity contribution in [2.24, 2.45) is 4.99 Å². The number of ether oxygens (including phenoxy) is 1. The predicted molar refractivity (Wildman–Crippen MR) is 122 cm³/mol. The van der Waals surface area contributed by atoms with Crippen molar-refractivity contribution in [2.45, 2.75) is 45.6 Å². The Bertz CT molecular complexity index is 510. The van der Waals surface area contributed by atoms with Gasteiger partial charge in [0.2, 0.25) is 0 Å². The molecule has 7 heteroatoms. The Morgan fingerprint density at radius 1 is 1.44 bits per heavy atom. The molecule has 0 saturated carbocycles. The molecule has 27 heavy (non-hydrogen) atoms. The molecular weight excluding hydrogens is 455 g/mol. The van der Waals surface area contributed by atoms with Gasteiger partial charge in [0.25, 0.3) is 0 Å². The highest BCUT2D eigenvalue weighted by Gasteiger charge is 2.24. The van der Waals surface area contributed by atoms with E-state index in [2.05, 4.69) is 29.1 Å². The molecule has 1 fully saturated rings. The third-order valence-corrected chi connectivity index (χ3v) is 4.90. The molecule has 2 rings (SSSR count). The van der Waals surface area contributed by atoms with Gasteiger partial charge in [-0.15, -0.1) is 24.0 Å². The summed E-state index contributed by atoms with van der Waals surface area (Å²) in [6.45, 7) is 10.8. The summed E-state index contributed by atoms with van der Waals surface area (Å²) < 4.78 is 10.8. The zero-order valence-electron chi connectivity index (χ0n) is 17.2. The van der Waals surface area contributed by atoms with E-state index < -0.39 is 0 Å². The molecule has 1 atom stereocenters. The molecule has 1 aromatic heterocycles. The van der Waals surface area contributed by atoms with Crippen LogP contribution in [-0.2, 0) is 11.2 Å². The van der Waals surface area contributed by atoms with Crippen LogP contribution in [0.5, 0.6) is 0 Å². The summed E-state index contributed by atoms with van der Waals surface area (Å²) in [7, 11) is 2.15. The quantitative estimate of drug-likeness (QED) is 0.223. The Labute approximate surface area is 181 Å². The molecule has 1 N–H and O–H groups in total. The van der Waals surface area contributed by atoms with E-state index in [1.807, 2.05) is 19.1 Å². The van der Waals surface area contributed by atoms with Crippen molar-refractivity contribution in [3.63, 3.8) is 0 Å². The third kappa shape index (κ3) is 8.83. The molecule has 0 bridgehead atoms. The van der Waals surface area contributed by atoms with Crippen LogP contribution < -0.4 is 5.32 Å². The lowest BCUT2D eigenvalue weighted by molar-refractivity contribution is 0.146. The lowest BCUT2D eigenvalue weighted by Gasteiger charge is -2.30. The molecule has 1 saturated heterocycles. The summed E-state index contributed by atoms with van der Waals surface area (Å²) in [6.07, 6.45) is 6.13. The Hall–Kier alpha value is -0.800. The monoisotopic (exact) mass is 492 g/mol. The summed E-state index contributed by atoms with van der Waals surface area (Å²) in [4.78, 5) is 9.66. The van der Waals surface area contributed by atoms with Crippen LogP contribution in [-0.4, -0.2) is 74.8 Å². The van der Waals surface area contributed by atoms with E-state index in [0.717, 1.165) is 64.0 Å².